The van der Waals surface area contributed by atoms with E-state index in [2.05, 4.69) is 18.7 Å². The summed E-state index contributed by atoms with van der Waals surface area (Å²) in [5, 5.41) is 0.769. The molecule has 1 aliphatic heterocycles. The number of hydrogen-bond donors (Lipinski definition) is 0. The molecular weight excluding hydrogens is 431 g/mol. The zero-order chi connectivity index (χ0) is 23.0. The first-order valence-electron chi connectivity index (χ1n) is 10.9. The van der Waals surface area contributed by atoms with E-state index in [1.165, 1.54) is 12.1 Å². The lowest BCUT2D eigenvalue weighted by atomic mass is 9.98. The van der Waals surface area contributed by atoms with Crippen LogP contribution in [0.1, 0.15) is 53.6 Å². The van der Waals surface area contributed by atoms with Crippen LogP contribution < -0.4 is 5.43 Å². The summed E-state index contributed by atoms with van der Waals surface area (Å²) in [4.78, 5) is 30.8. The normalized spacial score (nSPS) is 15.8. The minimum atomic E-state index is -0.703. The topological polar surface area (TPSA) is 53.8 Å². The van der Waals surface area contributed by atoms with Crippen molar-refractivity contribution in [3.8, 4) is 0 Å². The van der Waals surface area contributed by atoms with Gasteiger partial charge in [0.05, 0.1) is 17.0 Å². The molecule has 0 aliphatic carbocycles. The van der Waals surface area contributed by atoms with Crippen LogP contribution in [0.15, 0.2) is 45.6 Å². The Bertz CT molecular complexity index is 1240. The monoisotopic (exact) mass is 456 g/mol. The third-order valence-electron chi connectivity index (χ3n) is 6.18. The molecule has 7 heteroatoms. The second-order valence-electron chi connectivity index (χ2n) is 8.11. The fourth-order valence-electron chi connectivity index (χ4n) is 4.40. The van der Waals surface area contributed by atoms with Gasteiger partial charge in [0.2, 0.25) is 5.76 Å². The molecule has 2 heterocycles. The highest BCUT2D eigenvalue weighted by Crippen LogP contribution is 2.39. The maximum Gasteiger partial charge on any atom is 0.290 e. The molecule has 1 aromatic heterocycles. The number of hydrogen-bond acceptors (Lipinski definition) is 4. The van der Waals surface area contributed by atoms with Gasteiger partial charge in [-0.2, -0.15) is 0 Å². The molecule has 1 amide bonds. The van der Waals surface area contributed by atoms with Crippen LogP contribution in [-0.4, -0.2) is 41.9 Å². The van der Waals surface area contributed by atoms with Crippen molar-refractivity contribution in [3.05, 3.63) is 79.9 Å². The van der Waals surface area contributed by atoms with E-state index in [0.717, 1.165) is 31.6 Å². The second kappa shape index (κ2) is 9.04. The van der Waals surface area contributed by atoms with Gasteiger partial charge in [-0.05, 0) is 68.4 Å². The number of benzene rings is 2. The van der Waals surface area contributed by atoms with E-state index in [-0.39, 0.29) is 22.7 Å². The minimum absolute atomic E-state index is 0.0290. The maximum atomic E-state index is 14.1. The number of fused-ring (bicyclic) bond motifs is 2. The van der Waals surface area contributed by atoms with Crippen molar-refractivity contribution >= 4 is 28.5 Å². The lowest BCUT2D eigenvalue weighted by Crippen LogP contribution is -2.33. The SMILES string of the molecule is CCN(CC)CCCN1C(=O)c2oc3cc(C)c(Cl)cc3c(=O)c2C1c1cccc(F)c1. The van der Waals surface area contributed by atoms with E-state index in [4.69, 9.17) is 16.0 Å². The number of nitrogens with zero attached hydrogens (tertiary/aromatic N) is 2. The third-order valence-corrected chi connectivity index (χ3v) is 6.59. The van der Waals surface area contributed by atoms with Crippen molar-refractivity contribution < 1.29 is 13.6 Å². The summed E-state index contributed by atoms with van der Waals surface area (Å²) in [6, 6.07) is 8.59. The summed E-state index contributed by atoms with van der Waals surface area (Å²) in [6.45, 7) is 9.09. The lowest BCUT2D eigenvalue weighted by molar-refractivity contribution is 0.0720. The predicted molar refractivity (Wildman–Crippen MR) is 124 cm³/mol. The molecule has 0 N–H and O–H groups in total. The Morgan fingerprint density at radius 2 is 1.91 bits per heavy atom. The average Bonchev–Trinajstić information content (AvgIpc) is 3.05. The van der Waals surface area contributed by atoms with Gasteiger partial charge in [0, 0.05) is 11.6 Å². The number of aryl methyl sites for hydroxylation is 1. The fourth-order valence-corrected chi connectivity index (χ4v) is 4.56. The summed E-state index contributed by atoms with van der Waals surface area (Å²) in [6.07, 6.45) is 0.728. The van der Waals surface area contributed by atoms with Crippen molar-refractivity contribution in [2.24, 2.45) is 0 Å². The van der Waals surface area contributed by atoms with E-state index in [0.29, 0.717) is 28.1 Å². The van der Waals surface area contributed by atoms with Crippen LogP contribution in [0.5, 0.6) is 0 Å². The third kappa shape index (κ3) is 3.93. The van der Waals surface area contributed by atoms with Crippen LogP contribution >= 0.6 is 11.6 Å². The molecule has 0 saturated carbocycles. The number of amides is 1. The first-order chi connectivity index (χ1) is 15.3. The smallest absolute Gasteiger partial charge is 0.290 e. The van der Waals surface area contributed by atoms with Crippen molar-refractivity contribution in [1.29, 1.82) is 0 Å². The van der Waals surface area contributed by atoms with Gasteiger partial charge in [0.25, 0.3) is 5.91 Å². The van der Waals surface area contributed by atoms with Crippen molar-refractivity contribution in [2.45, 2.75) is 33.2 Å². The molecule has 0 radical (unpaired) electrons. The molecule has 5 nitrogen and oxygen atoms in total. The van der Waals surface area contributed by atoms with Gasteiger partial charge in [-0.25, -0.2) is 4.39 Å². The lowest BCUT2D eigenvalue weighted by Gasteiger charge is -2.26. The molecule has 1 aliphatic rings. The summed E-state index contributed by atoms with van der Waals surface area (Å²) in [7, 11) is 0. The Morgan fingerprint density at radius 1 is 1.16 bits per heavy atom. The van der Waals surface area contributed by atoms with Gasteiger partial charge in [0.1, 0.15) is 11.4 Å². The Labute approximate surface area is 191 Å². The molecule has 0 spiro atoms. The standard InChI is InChI=1S/C25H26ClFN2O3/c1-4-28(5-2)10-7-11-29-22(16-8-6-9-17(27)13-16)21-23(30)18-14-19(26)15(3)12-20(18)32-24(21)25(29)31/h6,8-9,12-14,22H,4-5,7,10-11H2,1-3H3. The number of halogens is 2. The maximum absolute atomic E-state index is 14.1. The molecule has 1 atom stereocenters. The summed E-state index contributed by atoms with van der Waals surface area (Å²) >= 11 is 6.26. The van der Waals surface area contributed by atoms with Crippen LogP contribution in [0.4, 0.5) is 4.39 Å². The van der Waals surface area contributed by atoms with Crippen LogP contribution in [0, 0.1) is 12.7 Å². The quantitative estimate of drug-likeness (QED) is 0.492. The number of carbonyl (C=O) groups is 1. The first-order valence-corrected chi connectivity index (χ1v) is 11.3. The minimum Gasteiger partial charge on any atom is -0.450 e. The van der Waals surface area contributed by atoms with E-state index in [1.807, 2.05) is 6.92 Å². The van der Waals surface area contributed by atoms with E-state index in [1.54, 1.807) is 29.2 Å². The van der Waals surface area contributed by atoms with Gasteiger partial charge >= 0.3 is 0 Å². The second-order valence-corrected chi connectivity index (χ2v) is 8.52. The van der Waals surface area contributed by atoms with Crippen LogP contribution in [0.2, 0.25) is 5.02 Å². The highest BCUT2D eigenvalue weighted by Gasteiger charge is 2.42. The van der Waals surface area contributed by atoms with Gasteiger partial charge in [-0.1, -0.05) is 37.6 Å². The largest absolute Gasteiger partial charge is 0.450 e. The Hall–Kier alpha value is -2.70. The Kier molecular flexibility index (Phi) is 6.35. The van der Waals surface area contributed by atoms with Crippen LogP contribution in [0.3, 0.4) is 0 Å². The van der Waals surface area contributed by atoms with Gasteiger partial charge in [-0.15, -0.1) is 0 Å². The zero-order valence-electron chi connectivity index (χ0n) is 18.5. The fraction of sp³-hybridized carbons (Fsp3) is 0.360. The van der Waals surface area contributed by atoms with E-state index in [9.17, 15) is 14.0 Å². The first kappa shape index (κ1) is 22.5. The van der Waals surface area contributed by atoms with Crippen molar-refractivity contribution in [1.82, 2.24) is 9.80 Å². The van der Waals surface area contributed by atoms with E-state index >= 15 is 0 Å². The summed E-state index contributed by atoms with van der Waals surface area (Å²) < 4.78 is 20.1. The highest BCUT2D eigenvalue weighted by molar-refractivity contribution is 6.32. The molecule has 0 bridgehead atoms. The average molecular weight is 457 g/mol. The summed E-state index contributed by atoms with van der Waals surface area (Å²) in [5.74, 6) is -0.739. The number of rotatable bonds is 7. The molecule has 3 aromatic rings. The molecule has 168 valence electrons. The molecular formula is C25H26ClFN2O3. The van der Waals surface area contributed by atoms with Gasteiger partial charge < -0.3 is 14.2 Å². The molecule has 32 heavy (non-hydrogen) atoms. The molecule has 4 rings (SSSR count). The Morgan fingerprint density at radius 3 is 2.59 bits per heavy atom. The predicted octanol–water partition coefficient (Wildman–Crippen LogP) is 5.17. The Balaban J connectivity index is 1.83. The van der Waals surface area contributed by atoms with Crippen molar-refractivity contribution in [2.75, 3.05) is 26.2 Å². The molecule has 2 aromatic carbocycles. The highest BCUT2D eigenvalue weighted by atomic mass is 35.5. The molecule has 1 unspecified atom stereocenters. The molecule has 0 saturated heterocycles. The van der Waals surface area contributed by atoms with Crippen LogP contribution in [-0.2, 0) is 0 Å². The zero-order valence-corrected chi connectivity index (χ0v) is 19.2. The number of carbonyl (C=O) groups excluding carboxylic acids is 1. The van der Waals surface area contributed by atoms with Crippen molar-refractivity contribution in [3.63, 3.8) is 0 Å². The van der Waals surface area contributed by atoms with Crippen LogP contribution in [0.25, 0.3) is 11.0 Å². The summed E-state index contributed by atoms with van der Waals surface area (Å²) in [5.41, 5.74) is 1.56. The van der Waals surface area contributed by atoms with Gasteiger partial charge in [0.15, 0.2) is 5.43 Å². The van der Waals surface area contributed by atoms with E-state index < -0.39 is 11.9 Å². The van der Waals surface area contributed by atoms with Gasteiger partial charge in [-0.3, -0.25) is 9.59 Å². The molecule has 0 fully saturated rings.